The maximum absolute atomic E-state index is 13.2. The van der Waals surface area contributed by atoms with Gasteiger partial charge < -0.3 is 24.1 Å². The molecule has 0 saturated heterocycles. The van der Waals surface area contributed by atoms with Gasteiger partial charge in [0.05, 0.1) is 32.4 Å². The van der Waals surface area contributed by atoms with Gasteiger partial charge in [-0.3, -0.25) is 9.40 Å². The summed E-state index contributed by atoms with van der Waals surface area (Å²) in [7, 11) is 0.0915. The van der Waals surface area contributed by atoms with Gasteiger partial charge in [-0.15, -0.1) is 5.10 Å². The predicted molar refractivity (Wildman–Crippen MR) is 120 cm³/mol. The third-order valence-corrected chi connectivity index (χ3v) is 6.18. The zero-order valence-corrected chi connectivity index (χ0v) is 19.1. The van der Waals surface area contributed by atoms with Gasteiger partial charge in [-0.1, -0.05) is 11.2 Å². The zero-order chi connectivity index (χ0) is 23.6. The summed E-state index contributed by atoms with van der Waals surface area (Å²) in [5, 5.41) is 11.6. The average molecular weight is 474 g/mol. The lowest BCUT2D eigenvalue weighted by molar-refractivity contribution is 0.373. The molecule has 0 amide bonds. The van der Waals surface area contributed by atoms with Crippen molar-refractivity contribution in [1.82, 2.24) is 19.9 Å². The number of hydrogen-bond acceptors (Lipinski definition) is 10. The molecule has 13 heteroatoms. The summed E-state index contributed by atoms with van der Waals surface area (Å²) < 4.78 is 51.7. The van der Waals surface area contributed by atoms with Gasteiger partial charge in [0.15, 0.2) is 16.3 Å². The second-order valence-electron chi connectivity index (χ2n) is 6.73. The van der Waals surface area contributed by atoms with Crippen LogP contribution in [0.15, 0.2) is 46.1 Å². The molecule has 2 N–H and O–H groups in total. The number of aromatic nitrogens is 4. The van der Waals surface area contributed by atoms with E-state index >= 15 is 0 Å². The minimum absolute atomic E-state index is 0.0174. The number of aryl methyl sites for hydroxylation is 1. The largest absolute Gasteiger partial charge is 0.495 e. The Hall–Kier alpha value is -4.00. The summed E-state index contributed by atoms with van der Waals surface area (Å²) in [6, 6.07) is 7.89. The molecule has 0 fully saturated rings. The van der Waals surface area contributed by atoms with Crippen LogP contribution in [0.4, 0.5) is 17.5 Å². The van der Waals surface area contributed by atoms with Crippen LogP contribution in [0, 0.1) is 0 Å². The maximum atomic E-state index is 13.2. The number of benzene rings is 2. The minimum Gasteiger partial charge on any atom is -0.495 e. The molecule has 0 unspecified atom stereocenters. The Kier molecular flexibility index (Phi) is 5.96. The molecule has 12 nitrogen and oxygen atoms in total. The molecule has 2 heterocycles. The number of fused-ring (bicyclic) bond motifs is 1. The highest BCUT2D eigenvalue weighted by Crippen LogP contribution is 2.38. The van der Waals surface area contributed by atoms with Gasteiger partial charge in [0, 0.05) is 12.6 Å². The Bertz CT molecular complexity index is 1380. The molecule has 0 spiro atoms. The molecule has 0 atom stereocenters. The maximum Gasteiger partial charge on any atom is 0.270 e. The standard InChI is InChI=1S/C20H22N6O6S/c1-5-26-11-21-20(23-26)22-13-10-16-12(9-17(13)31-4)19(24-32-16)25-33(27,28)18-14(29-2)7-6-8-15(18)30-3/h6-11H,5H2,1-4H3,(H,22,23)(H,24,25). The lowest BCUT2D eigenvalue weighted by atomic mass is 10.2. The monoisotopic (exact) mass is 474 g/mol. The number of rotatable bonds is 9. The number of nitrogens with zero attached hydrogens (tertiary/aromatic N) is 4. The SMILES string of the molecule is CCn1cnc(Nc2cc3onc(NS(=O)(=O)c4c(OC)cccc4OC)c3cc2OC)n1. The highest BCUT2D eigenvalue weighted by atomic mass is 32.2. The van der Waals surface area contributed by atoms with E-state index in [1.165, 1.54) is 33.5 Å². The third kappa shape index (κ3) is 4.22. The van der Waals surface area contributed by atoms with Gasteiger partial charge in [0.1, 0.15) is 23.6 Å². The molecule has 0 aliphatic rings. The van der Waals surface area contributed by atoms with Gasteiger partial charge in [0.2, 0.25) is 5.95 Å². The van der Waals surface area contributed by atoms with Crippen LogP contribution in [0.2, 0.25) is 0 Å². The summed E-state index contributed by atoms with van der Waals surface area (Å²) >= 11 is 0. The highest BCUT2D eigenvalue weighted by molar-refractivity contribution is 7.93. The van der Waals surface area contributed by atoms with Gasteiger partial charge >= 0.3 is 0 Å². The first-order valence-electron chi connectivity index (χ1n) is 9.77. The first kappa shape index (κ1) is 22.2. The van der Waals surface area contributed by atoms with E-state index in [1.54, 1.807) is 29.2 Å². The normalized spacial score (nSPS) is 11.4. The molecule has 0 bridgehead atoms. The van der Waals surface area contributed by atoms with Crippen molar-refractivity contribution in [3.63, 3.8) is 0 Å². The Morgan fingerprint density at radius 3 is 2.36 bits per heavy atom. The van der Waals surface area contributed by atoms with Crippen molar-refractivity contribution >= 4 is 38.4 Å². The van der Waals surface area contributed by atoms with Crippen molar-refractivity contribution < 1.29 is 27.2 Å². The van der Waals surface area contributed by atoms with Gasteiger partial charge in [0.25, 0.3) is 10.0 Å². The third-order valence-electron chi connectivity index (χ3n) is 4.78. The lowest BCUT2D eigenvalue weighted by Crippen LogP contribution is -2.15. The summed E-state index contributed by atoms with van der Waals surface area (Å²) in [5.74, 6) is 1.01. The molecule has 0 radical (unpaired) electrons. The van der Waals surface area contributed by atoms with E-state index in [1.807, 2.05) is 6.92 Å². The van der Waals surface area contributed by atoms with Crippen molar-refractivity contribution in [2.45, 2.75) is 18.4 Å². The predicted octanol–water partition coefficient (Wildman–Crippen LogP) is 3.01. The quantitative estimate of drug-likeness (QED) is 0.371. The fraction of sp³-hybridized carbons (Fsp3) is 0.250. The fourth-order valence-corrected chi connectivity index (χ4v) is 4.53. The lowest BCUT2D eigenvalue weighted by Gasteiger charge is -2.13. The topological polar surface area (TPSA) is 143 Å². The highest BCUT2D eigenvalue weighted by Gasteiger charge is 2.27. The molecule has 4 aromatic rings. The second kappa shape index (κ2) is 8.86. The van der Waals surface area contributed by atoms with Crippen LogP contribution in [0.5, 0.6) is 17.2 Å². The van der Waals surface area contributed by atoms with E-state index < -0.39 is 10.0 Å². The molecule has 0 saturated carbocycles. The first-order valence-corrected chi connectivity index (χ1v) is 11.3. The van der Waals surface area contributed by atoms with Crippen LogP contribution < -0.4 is 24.2 Å². The summed E-state index contributed by atoms with van der Waals surface area (Å²) in [5.41, 5.74) is 0.841. The Morgan fingerprint density at radius 2 is 1.76 bits per heavy atom. The van der Waals surface area contributed by atoms with E-state index in [2.05, 4.69) is 25.3 Å². The number of nitrogens with one attached hydrogen (secondary N) is 2. The summed E-state index contributed by atoms with van der Waals surface area (Å²) in [6.07, 6.45) is 1.60. The number of sulfonamides is 1. The smallest absolute Gasteiger partial charge is 0.270 e. The van der Waals surface area contributed by atoms with Crippen LogP contribution in [0.25, 0.3) is 11.0 Å². The molecule has 174 valence electrons. The fourth-order valence-electron chi connectivity index (χ4n) is 3.19. The molecule has 33 heavy (non-hydrogen) atoms. The van der Waals surface area contributed by atoms with Gasteiger partial charge in [-0.25, -0.2) is 13.4 Å². The number of hydrogen-bond donors (Lipinski definition) is 2. The number of methoxy groups -OCH3 is 3. The first-order chi connectivity index (χ1) is 15.9. The molecule has 2 aromatic carbocycles. The average Bonchev–Trinajstić information content (AvgIpc) is 3.44. The van der Waals surface area contributed by atoms with Crippen LogP contribution in [0.1, 0.15) is 6.92 Å². The molecule has 0 aliphatic carbocycles. The van der Waals surface area contributed by atoms with Crippen molar-refractivity contribution in [1.29, 1.82) is 0 Å². The Balaban J connectivity index is 1.71. The summed E-state index contributed by atoms with van der Waals surface area (Å²) in [6.45, 7) is 2.62. The van der Waals surface area contributed by atoms with E-state index in [9.17, 15) is 8.42 Å². The molecule has 0 aliphatic heterocycles. The van der Waals surface area contributed by atoms with Crippen molar-refractivity contribution in [2.75, 3.05) is 31.4 Å². The molecular weight excluding hydrogens is 452 g/mol. The second-order valence-corrected chi connectivity index (χ2v) is 8.35. The van der Waals surface area contributed by atoms with Gasteiger partial charge in [-0.2, -0.15) is 0 Å². The molecule has 4 rings (SSSR count). The molecule has 2 aromatic heterocycles. The van der Waals surface area contributed by atoms with Crippen molar-refractivity contribution in [2.24, 2.45) is 0 Å². The van der Waals surface area contributed by atoms with Crippen LogP contribution >= 0.6 is 0 Å². The Morgan fingerprint density at radius 1 is 1.06 bits per heavy atom. The van der Waals surface area contributed by atoms with Crippen LogP contribution in [-0.4, -0.2) is 49.7 Å². The van der Waals surface area contributed by atoms with Crippen molar-refractivity contribution in [3.8, 4) is 17.2 Å². The van der Waals surface area contributed by atoms with Crippen LogP contribution in [0.3, 0.4) is 0 Å². The number of ether oxygens (including phenoxy) is 3. The summed E-state index contributed by atoms with van der Waals surface area (Å²) in [4.78, 5) is 4.02. The Labute approximate surface area is 189 Å². The van der Waals surface area contributed by atoms with E-state index in [0.717, 1.165) is 0 Å². The number of anilines is 3. The van der Waals surface area contributed by atoms with Crippen LogP contribution in [-0.2, 0) is 16.6 Å². The van der Waals surface area contributed by atoms with E-state index in [0.29, 0.717) is 34.9 Å². The zero-order valence-electron chi connectivity index (χ0n) is 18.3. The minimum atomic E-state index is -4.14. The molecular formula is C20H22N6O6S. The van der Waals surface area contributed by atoms with Gasteiger partial charge in [-0.05, 0) is 25.1 Å². The van der Waals surface area contributed by atoms with E-state index in [-0.39, 0.29) is 22.2 Å². The van der Waals surface area contributed by atoms with Crippen molar-refractivity contribution in [3.05, 3.63) is 36.7 Å². The van der Waals surface area contributed by atoms with E-state index in [4.69, 9.17) is 18.7 Å².